The van der Waals surface area contributed by atoms with E-state index in [0.717, 1.165) is 14.4 Å². The molecule has 0 atom stereocenters. The molecule has 1 N–H and O–H groups in total. The number of aromatic nitrogens is 4. The van der Waals surface area contributed by atoms with Crippen molar-refractivity contribution in [1.82, 2.24) is 20.4 Å². The average molecular weight is 345 g/mol. The number of hydrogen-bond acceptors (Lipinski definition) is 9. The van der Waals surface area contributed by atoms with E-state index in [-0.39, 0.29) is 23.6 Å². The molecular formula is C11H15N5O2S3. The zero-order chi connectivity index (χ0) is 15.2. The first-order valence-electron chi connectivity index (χ1n) is 6.30. The Balaban J connectivity index is 1.80. The number of thioether (sulfide) groups is 2. The van der Waals surface area contributed by atoms with Gasteiger partial charge in [0.1, 0.15) is 0 Å². The van der Waals surface area contributed by atoms with Gasteiger partial charge < -0.3 is 4.42 Å². The number of hydrogen-bond donors (Lipinski definition) is 1. The van der Waals surface area contributed by atoms with Gasteiger partial charge in [0.2, 0.25) is 11.8 Å². The number of carbonyl (C=O) groups excluding carboxylic acids is 1. The molecule has 1 amide bonds. The van der Waals surface area contributed by atoms with Crippen molar-refractivity contribution in [2.75, 3.05) is 16.8 Å². The minimum Gasteiger partial charge on any atom is -0.408 e. The van der Waals surface area contributed by atoms with Gasteiger partial charge in [0.25, 0.3) is 0 Å². The van der Waals surface area contributed by atoms with Gasteiger partial charge in [-0.3, -0.25) is 10.1 Å². The number of rotatable bonds is 7. The average Bonchev–Trinajstić information content (AvgIpc) is 3.06. The minimum atomic E-state index is -0.209. The number of carbonyl (C=O) groups is 1. The number of amides is 1. The summed E-state index contributed by atoms with van der Waals surface area (Å²) in [6.07, 6.45) is 0. The summed E-state index contributed by atoms with van der Waals surface area (Å²) in [7, 11) is 0. The molecule has 21 heavy (non-hydrogen) atoms. The smallest absolute Gasteiger partial charge is 0.322 e. The van der Waals surface area contributed by atoms with E-state index in [4.69, 9.17) is 4.42 Å². The van der Waals surface area contributed by atoms with Crippen LogP contribution < -0.4 is 5.32 Å². The first kappa shape index (κ1) is 16.2. The van der Waals surface area contributed by atoms with Crippen LogP contribution in [0.3, 0.4) is 0 Å². The maximum Gasteiger partial charge on any atom is 0.322 e. The Kier molecular flexibility index (Phi) is 6.00. The molecule has 2 heterocycles. The lowest BCUT2D eigenvalue weighted by Gasteiger charge is -1.98. The van der Waals surface area contributed by atoms with Gasteiger partial charge in [-0.05, 0) is 5.75 Å². The molecule has 114 valence electrons. The fourth-order valence-electron chi connectivity index (χ4n) is 1.24. The predicted octanol–water partition coefficient (Wildman–Crippen LogP) is 2.89. The Morgan fingerprint density at radius 1 is 1.24 bits per heavy atom. The molecule has 0 saturated heterocycles. The SMILES string of the molecule is CCSc1nnc(SCC(=O)Nc2nnc(C(C)C)o2)s1. The maximum atomic E-state index is 11.8. The molecule has 0 aliphatic heterocycles. The molecule has 0 spiro atoms. The summed E-state index contributed by atoms with van der Waals surface area (Å²) in [4.78, 5) is 11.8. The van der Waals surface area contributed by atoms with Crippen LogP contribution in [-0.4, -0.2) is 37.8 Å². The predicted molar refractivity (Wildman–Crippen MR) is 84.0 cm³/mol. The third-order valence-electron chi connectivity index (χ3n) is 2.16. The van der Waals surface area contributed by atoms with Gasteiger partial charge in [0.05, 0.1) is 5.75 Å². The van der Waals surface area contributed by atoms with Crippen LogP contribution >= 0.6 is 34.9 Å². The van der Waals surface area contributed by atoms with Crippen molar-refractivity contribution in [3.63, 3.8) is 0 Å². The van der Waals surface area contributed by atoms with Crippen LogP contribution in [0.15, 0.2) is 13.1 Å². The fraction of sp³-hybridized carbons (Fsp3) is 0.545. The first-order valence-corrected chi connectivity index (χ1v) is 9.09. The van der Waals surface area contributed by atoms with E-state index in [2.05, 4.69) is 32.6 Å². The fourth-order valence-corrected chi connectivity index (χ4v) is 3.96. The van der Waals surface area contributed by atoms with Crippen LogP contribution in [0.25, 0.3) is 0 Å². The standard InChI is InChI=1S/C11H15N5O2S3/c1-4-19-10-15-16-11(21-10)20-5-7(17)12-9-14-13-8(18-9)6(2)3/h6H,4-5H2,1-3H3,(H,12,14,17). The topological polar surface area (TPSA) is 93.8 Å². The van der Waals surface area contributed by atoms with E-state index in [1.165, 1.54) is 23.1 Å². The molecule has 2 aromatic heterocycles. The summed E-state index contributed by atoms with van der Waals surface area (Å²) in [6.45, 7) is 5.94. The molecule has 0 aliphatic carbocycles. The van der Waals surface area contributed by atoms with E-state index < -0.39 is 0 Å². The Hall–Kier alpha value is -1.13. The summed E-state index contributed by atoms with van der Waals surface area (Å²) in [5.41, 5.74) is 0. The molecule has 2 aromatic rings. The normalized spacial score (nSPS) is 11.0. The Labute approximate surface area is 134 Å². The number of nitrogens with zero attached hydrogens (tertiary/aromatic N) is 4. The Morgan fingerprint density at radius 2 is 1.95 bits per heavy atom. The summed E-state index contributed by atoms with van der Waals surface area (Å²) in [5.74, 6) is 1.61. The second kappa shape index (κ2) is 7.76. The highest BCUT2D eigenvalue weighted by Gasteiger charge is 2.13. The largest absolute Gasteiger partial charge is 0.408 e. The highest BCUT2D eigenvalue weighted by molar-refractivity contribution is 8.03. The number of nitrogens with one attached hydrogen (secondary N) is 1. The summed E-state index contributed by atoms with van der Waals surface area (Å²) >= 11 is 4.46. The van der Waals surface area contributed by atoms with Gasteiger partial charge in [-0.1, -0.05) is 60.7 Å². The zero-order valence-corrected chi connectivity index (χ0v) is 14.3. The van der Waals surface area contributed by atoms with Crippen LogP contribution in [0.4, 0.5) is 6.01 Å². The molecule has 0 saturated carbocycles. The summed E-state index contributed by atoms with van der Waals surface area (Å²) < 4.78 is 7.00. The van der Waals surface area contributed by atoms with Crippen molar-refractivity contribution in [2.24, 2.45) is 0 Å². The molecule has 0 aromatic carbocycles. The van der Waals surface area contributed by atoms with E-state index >= 15 is 0 Å². The lowest BCUT2D eigenvalue weighted by molar-refractivity contribution is -0.113. The molecule has 10 heteroatoms. The maximum absolute atomic E-state index is 11.8. The van der Waals surface area contributed by atoms with Gasteiger partial charge in [0.15, 0.2) is 8.68 Å². The van der Waals surface area contributed by atoms with Gasteiger partial charge in [-0.2, -0.15) is 0 Å². The van der Waals surface area contributed by atoms with Gasteiger partial charge in [-0.25, -0.2) is 0 Å². The second-order valence-corrected chi connectivity index (χ2v) is 7.92. The van der Waals surface area contributed by atoms with Crippen LogP contribution in [-0.2, 0) is 4.79 Å². The second-order valence-electron chi connectivity index (χ2n) is 4.20. The molecule has 0 aliphatic rings. The zero-order valence-electron chi connectivity index (χ0n) is 11.8. The molecule has 0 radical (unpaired) electrons. The Morgan fingerprint density at radius 3 is 2.57 bits per heavy atom. The number of anilines is 1. The highest BCUT2D eigenvalue weighted by atomic mass is 32.2. The van der Waals surface area contributed by atoms with Crippen LogP contribution in [0.5, 0.6) is 0 Å². The van der Waals surface area contributed by atoms with Crippen molar-refractivity contribution in [2.45, 2.75) is 35.4 Å². The minimum absolute atomic E-state index is 0.129. The van der Waals surface area contributed by atoms with Crippen molar-refractivity contribution in [3.8, 4) is 0 Å². The molecule has 7 nitrogen and oxygen atoms in total. The van der Waals surface area contributed by atoms with Gasteiger partial charge in [0, 0.05) is 5.92 Å². The van der Waals surface area contributed by atoms with Crippen LogP contribution in [0.1, 0.15) is 32.6 Å². The van der Waals surface area contributed by atoms with Crippen LogP contribution in [0, 0.1) is 0 Å². The molecule has 0 unspecified atom stereocenters. The van der Waals surface area contributed by atoms with E-state index in [0.29, 0.717) is 5.89 Å². The van der Waals surface area contributed by atoms with Crippen molar-refractivity contribution in [3.05, 3.63) is 5.89 Å². The lowest BCUT2D eigenvalue weighted by Crippen LogP contribution is -2.14. The monoisotopic (exact) mass is 345 g/mol. The van der Waals surface area contributed by atoms with Crippen molar-refractivity contribution < 1.29 is 9.21 Å². The quantitative estimate of drug-likeness (QED) is 0.766. The summed E-state index contributed by atoms with van der Waals surface area (Å²) in [5, 5.41) is 18.2. The van der Waals surface area contributed by atoms with Gasteiger partial charge in [-0.15, -0.1) is 15.3 Å². The molecular weight excluding hydrogens is 330 g/mol. The highest BCUT2D eigenvalue weighted by Crippen LogP contribution is 2.28. The molecule has 2 rings (SSSR count). The first-order chi connectivity index (χ1) is 10.1. The Bertz CT molecular complexity index is 598. The van der Waals surface area contributed by atoms with Crippen molar-refractivity contribution in [1.29, 1.82) is 0 Å². The van der Waals surface area contributed by atoms with E-state index in [1.807, 2.05) is 13.8 Å². The third kappa shape index (κ3) is 4.97. The van der Waals surface area contributed by atoms with Gasteiger partial charge >= 0.3 is 6.01 Å². The lowest BCUT2D eigenvalue weighted by atomic mass is 10.2. The van der Waals surface area contributed by atoms with Crippen LogP contribution in [0.2, 0.25) is 0 Å². The molecule has 0 fully saturated rings. The van der Waals surface area contributed by atoms with E-state index in [1.54, 1.807) is 11.8 Å². The summed E-state index contributed by atoms with van der Waals surface area (Å²) in [6, 6.07) is 0.129. The third-order valence-corrected chi connectivity index (χ3v) is 5.24. The molecule has 0 bridgehead atoms. The van der Waals surface area contributed by atoms with E-state index in [9.17, 15) is 4.79 Å². The van der Waals surface area contributed by atoms with Crippen molar-refractivity contribution >= 4 is 46.8 Å².